The molecule has 0 spiro atoms. The topological polar surface area (TPSA) is 15.3 Å². The molecule has 0 radical (unpaired) electrons. The van der Waals surface area contributed by atoms with Crippen LogP contribution < -0.4 is 5.32 Å². The molecule has 0 unspecified atom stereocenters. The van der Waals surface area contributed by atoms with E-state index >= 15 is 0 Å². The van der Waals surface area contributed by atoms with Crippen LogP contribution in [0.2, 0.25) is 0 Å². The van der Waals surface area contributed by atoms with E-state index in [4.69, 9.17) is 0 Å². The van der Waals surface area contributed by atoms with Crippen LogP contribution in [0.1, 0.15) is 24.9 Å². The van der Waals surface area contributed by atoms with E-state index in [0.717, 1.165) is 13.1 Å². The van der Waals surface area contributed by atoms with Gasteiger partial charge in [0.05, 0.1) is 0 Å². The quantitative estimate of drug-likeness (QED) is 0.778. The van der Waals surface area contributed by atoms with E-state index in [-0.39, 0.29) is 24.8 Å². The van der Waals surface area contributed by atoms with Gasteiger partial charge in [0.1, 0.15) is 0 Å². The fourth-order valence-electron chi connectivity index (χ4n) is 2.41. The van der Waals surface area contributed by atoms with Crippen LogP contribution in [0.5, 0.6) is 0 Å². The Hall–Kier alpha value is 0.450. The molecule has 0 bridgehead atoms. The van der Waals surface area contributed by atoms with Gasteiger partial charge in [-0.2, -0.15) is 0 Å². The minimum Gasteiger partial charge on any atom is -0.314 e. The molecule has 1 N–H and O–H groups in total. The normalized spacial score (nSPS) is 17.4. The van der Waals surface area contributed by atoms with E-state index in [1.54, 1.807) is 0 Å². The fourth-order valence-corrected chi connectivity index (χ4v) is 2.98. The van der Waals surface area contributed by atoms with Gasteiger partial charge in [-0.1, -0.05) is 19.1 Å². The van der Waals surface area contributed by atoms with Gasteiger partial charge in [0.25, 0.3) is 0 Å². The molecule has 1 aliphatic heterocycles. The summed E-state index contributed by atoms with van der Waals surface area (Å²) in [4.78, 5) is 2.60. The smallest absolute Gasteiger partial charge is 0.0346 e. The highest BCUT2D eigenvalue weighted by Crippen LogP contribution is 2.25. The maximum Gasteiger partial charge on any atom is 0.0346 e. The molecule has 18 heavy (non-hydrogen) atoms. The van der Waals surface area contributed by atoms with Gasteiger partial charge in [-0.05, 0) is 46.7 Å². The van der Waals surface area contributed by atoms with Crippen LogP contribution in [0.4, 0.5) is 0 Å². The third-order valence-corrected chi connectivity index (χ3v) is 3.88. The molecule has 5 heteroatoms. The molecular formula is C13H21Cl2IN2. The third kappa shape index (κ3) is 4.85. The van der Waals surface area contributed by atoms with Crippen molar-refractivity contribution in [3.8, 4) is 0 Å². The van der Waals surface area contributed by atoms with E-state index in [1.807, 2.05) is 0 Å². The van der Waals surface area contributed by atoms with E-state index in [0.29, 0.717) is 6.04 Å². The Morgan fingerprint density at radius 1 is 1.28 bits per heavy atom. The Labute approximate surface area is 136 Å². The van der Waals surface area contributed by atoms with E-state index < -0.39 is 0 Å². The van der Waals surface area contributed by atoms with Gasteiger partial charge < -0.3 is 5.32 Å². The second-order valence-corrected chi connectivity index (χ2v) is 5.51. The van der Waals surface area contributed by atoms with Crippen LogP contribution in [0.15, 0.2) is 24.3 Å². The predicted molar refractivity (Wildman–Crippen MR) is 91.1 cm³/mol. The summed E-state index contributed by atoms with van der Waals surface area (Å²) in [6.45, 7) is 6.88. The van der Waals surface area contributed by atoms with E-state index in [1.165, 1.54) is 28.6 Å². The number of rotatable bonds is 3. The summed E-state index contributed by atoms with van der Waals surface area (Å²) in [5, 5.41) is 3.41. The molecule has 1 heterocycles. The first-order chi connectivity index (χ1) is 7.81. The second kappa shape index (κ2) is 9.37. The lowest BCUT2D eigenvalue weighted by Gasteiger charge is -2.34. The maximum absolute atomic E-state index is 3.41. The number of benzene rings is 1. The van der Waals surface area contributed by atoms with Crippen molar-refractivity contribution in [2.24, 2.45) is 0 Å². The Morgan fingerprint density at radius 2 is 1.94 bits per heavy atom. The average Bonchev–Trinajstić information content (AvgIpc) is 2.31. The molecule has 0 amide bonds. The van der Waals surface area contributed by atoms with Crippen molar-refractivity contribution >= 4 is 47.4 Å². The summed E-state index contributed by atoms with van der Waals surface area (Å²) in [6, 6.07) is 9.50. The van der Waals surface area contributed by atoms with Gasteiger partial charge in [0, 0.05) is 35.8 Å². The predicted octanol–water partition coefficient (Wildman–Crippen LogP) is 3.49. The molecule has 0 aromatic heterocycles. The highest BCUT2D eigenvalue weighted by molar-refractivity contribution is 14.1. The minimum atomic E-state index is 0. The van der Waals surface area contributed by atoms with Crippen LogP contribution in [-0.4, -0.2) is 31.1 Å². The lowest BCUT2D eigenvalue weighted by molar-refractivity contribution is 0.169. The molecule has 2 rings (SSSR count). The largest absolute Gasteiger partial charge is 0.314 e. The Balaban J connectivity index is 0.00000144. The summed E-state index contributed by atoms with van der Waals surface area (Å²) in [5.74, 6) is 0. The molecule has 104 valence electrons. The first kappa shape index (κ1) is 18.4. The Bertz CT molecular complexity index is 344. The van der Waals surface area contributed by atoms with Crippen molar-refractivity contribution < 1.29 is 0 Å². The lowest BCUT2D eigenvalue weighted by atomic mass is 10.0. The highest BCUT2D eigenvalue weighted by Gasteiger charge is 2.20. The second-order valence-electron chi connectivity index (χ2n) is 4.27. The summed E-state index contributed by atoms with van der Waals surface area (Å²) in [5.41, 5.74) is 1.47. The summed E-state index contributed by atoms with van der Waals surface area (Å²) >= 11 is 2.40. The van der Waals surface area contributed by atoms with Gasteiger partial charge in [0.2, 0.25) is 0 Å². The third-order valence-electron chi connectivity index (χ3n) is 3.21. The first-order valence-electron chi connectivity index (χ1n) is 6.01. The molecular weight excluding hydrogens is 382 g/mol. The van der Waals surface area contributed by atoms with Crippen molar-refractivity contribution in [1.29, 1.82) is 0 Å². The van der Waals surface area contributed by atoms with Crippen molar-refractivity contribution in [3.05, 3.63) is 33.4 Å². The minimum absolute atomic E-state index is 0. The van der Waals surface area contributed by atoms with Crippen molar-refractivity contribution in [1.82, 2.24) is 10.2 Å². The summed E-state index contributed by atoms with van der Waals surface area (Å²) in [6.07, 6.45) is 1.19. The summed E-state index contributed by atoms with van der Waals surface area (Å²) in [7, 11) is 0. The molecule has 1 atom stereocenters. The van der Waals surface area contributed by atoms with Gasteiger partial charge in [0.15, 0.2) is 0 Å². The molecule has 1 aromatic carbocycles. The fraction of sp³-hybridized carbons (Fsp3) is 0.538. The van der Waals surface area contributed by atoms with Crippen molar-refractivity contribution in [2.45, 2.75) is 19.4 Å². The van der Waals surface area contributed by atoms with Gasteiger partial charge in [-0.3, -0.25) is 4.90 Å². The summed E-state index contributed by atoms with van der Waals surface area (Å²) < 4.78 is 1.34. The standard InChI is InChI=1S/C13H19IN2.2ClH/c1-2-13(16-8-6-15-7-9-16)11-4-3-5-12(14)10-11;;/h3-5,10,13,15H,2,6-9H2,1H3;2*1H/t13-;;/m0../s1. The Kier molecular flexibility index (Phi) is 9.60. The number of nitrogens with one attached hydrogen (secondary N) is 1. The molecule has 1 aromatic rings. The van der Waals surface area contributed by atoms with Gasteiger partial charge in [-0.25, -0.2) is 0 Å². The van der Waals surface area contributed by atoms with Crippen molar-refractivity contribution in [2.75, 3.05) is 26.2 Å². The first-order valence-corrected chi connectivity index (χ1v) is 7.09. The van der Waals surface area contributed by atoms with Crippen LogP contribution in [-0.2, 0) is 0 Å². The Morgan fingerprint density at radius 3 is 2.50 bits per heavy atom. The van der Waals surface area contributed by atoms with Crippen LogP contribution in [0.3, 0.4) is 0 Å². The van der Waals surface area contributed by atoms with Crippen molar-refractivity contribution in [3.63, 3.8) is 0 Å². The number of hydrogen-bond acceptors (Lipinski definition) is 2. The monoisotopic (exact) mass is 402 g/mol. The molecule has 1 aliphatic rings. The van der Waals surface area contributed by atoms with Gasteiger partial charge in [-0.15, -0.1) is 24.8 Å². The zero-order valence-corrected chi connectivity index (χ0v) is 14.4. The van der Waals surface area contributed by atoms with E-state index in [9.17, 15) is 0 Å². The number of halogens is 3. The van der Waals surface area contributed by atoms with Crippen LogP contribution in [0.25, 0.3) is 0 Å². The molecule has 2 nitrogen and oxygen atoms in total. The molecule has 0 aliphatic carbocycles. The zero-order valence-electron chi connectivity index (χ0n) is 10.6. The number of piperazine rings is 1. The number of nitrogens with zero attached hydrogens (tertiary/aromatic N) is 1. The molecule has 1 saturated heterocycles. The van der Waals surface area contributed by atoms with E-state index in [2.05, 4.69) is 64.0 Å². The lowest BCUT2D eigenvalue weighted by Crippen LogP contribution is -2.45. The number of hydrogen-bond donors (Lipinski definition) is 1. The van der Waals surface area contributed by atoms with Crippen LogP contribution >= 0.6 is 47.4 Å². The van der Waals surface area contributed by atoms with Crippen LogP contribution in [0, 0.1) is 3.57 Å². The SMILES string of the molecule is CC[C@@H](c1cccc(I)c1)N1CCNCC1.Cl.Cl. The molecule has 0 saturated carbocycles. The molecule has 1 fully saturated rings. The zero-order chi connectivity index (χ0) is 11.4. The van der Waals surface area contributed by atoms with Gasteiger partial charge >= 0.3 is 0 Å². The highest BCUT2D eigenvalue weighted by atomic mass is 127. The maximum atomic E-state index is 3.41. The average molecular weight is 403 g/mol.